The van der Waals surface area contributed by atoms with Gasteiger partial charge in [-0.25, -0.2) is 4.98 Å². The maximum Gasteiger partial charge on any atom is 0.246 e. The van der Waals surface area contributed by atoms with Crippen molar-refractivity contribution in [2.24, 2.45) is 5.41 Å². The molecule has 0 radical (unpaired) electrons. The molecule has 3 fully saturated rings. The van der Waals surface area contributed by atoms with Crippen LogP contribution < -0.4 is 4.90 Å². The molecular weight excluding hydrogens is 340 g/mol. The van der Waals surface area contributed by atoms with Gasteiger partial charge in [-0.2, -0.15) is 0 Å². The summed E-state index contributed by atoms with van der Waals surface area (Å²) < 4.78 is 0. The van der Waals surface area contributed by atoms with Crippen LogP contribution in [0, 0.1) is 5.41 Å². The second-order valence-corrected chi connectivity index (χ2v) is 8.43. The minimum Gasteiger partial charge on any atom is -0.353 e. The van der Waals surface area contributed by atoms with Gasteiger partial charge in [0.2, 0.25) is 11.8 Å². The number of rotatable bonds is 3. The summed E-state index contributed by atoms with van der Waals surface area (Å²) in [5.41, 5.74) is -0.419. The maximum atomic E-state index is 13.5. The lowest BCUT2D eigenvalue weighted by molar-refractivity contribution is -0.189. The summed E-state index contributed by atoms with van der Waals surface area (Å²) in [6.45, 7) is 7.01. The van der Waals surface area contributed by atoms with Gasteiger partial charge >= 0.3 is 0 Å². The van der Waals surface area contributed by atoms with E-state index in [0.29, 0.717) is 13.1 Å². The highest BCUT2D eigenvalue weighted by Crippen LogP contribution is 2.51. The number of hydrogen-bond acceptors (Lipinski definition) is 4. The molecule has 0 bridgehead atoms. The second-order valence-electron chi connectivity index (χ2n) is 8.43. The average molecular weight is 370 g/mol. The summed E-state index contributed by atoms with van der Waals surface area (Å²) in [6.07, 6.45) is 6.86. The molecule has 1 atom stereocenters. The van der Waals surface area contributed by atoms with Crippen molar-refractivity contribution in [3.05, 3.63) is 24.4 Å². The number of hydrogen-bond donors (Lipinski definition) is 0. The number of β-lactam (4-membered cyclic amide) rings is 1. The predicted octanol–water partition coefficient (Wildman–Crippen LogP) is 2.30. The molecule has 1 aromatic heterocycles. The molecule has 1 spiro atoms. The lowest BCUT2D eigenvalue weighted by atomic mass is 9.61. The van der Waals surface area contributed by atoms with Crippen molar-refractivity contribution in [3.8, 4) is 0 Å². The fourth-order valence-electron chi connectivity index (χ4n) is 5.12. The summed E-state index contributed by atoms with van der Waals surface area (Å²) in [4.78, 5) is 36.9. The van der Waals surface area contributed by atoms with Gasteiger partial charge in [-0.1, -0.05) is 25.3 Å². The molecule has 3 aliphatic rings. The summed E-state index contributed by atoms with van der Waals surface area (Å²) in [5, 5.41) is 0. The quantitative estimate of drug-likeness (QED) is 0.766. The molecule has 1 unspecified atom stereocenters. The average Bonchev–Trinajstić information content (AvgIpc) is 2.72. The van der Waals surface area contributed by atoms with Crippen molar-refractivity contribution in [1.82, 2.24) is 14.8 Å². The van der Waals surface area contributed by atoms with E-state index in [1.54, 1.807) is 6.20 Å². The van der Waals surface area contributed by atoms with E-state index in [2.05, 4.69) is 9.88 Å². The first kappa shape index (κ1) is 18.3. The number of amides is 2. The standard InChI is InChI=1S/C21H30N4O2/c1-16(2)25-18(21(20(25)27)9-5-3-6-10-21)19(26)24-14-12-23(13-15-24)17-8-4-7-11-22-17/h4,7-8,11,16,18H,3,5-6,9-10,12-15H2,1-2H3. The van der Waals surface area contributed by atoms with Gasteiger partial charge in [0, 0.05) is 38.4 Å². The number of pyridine rings is 1. The Labute approximate surface area is 161 Å². The van der Waals surface area contributed by atoms with Crippen LogP contribution in [0.15, 0.2) is 24.4 Å². The Bertz CT molecular complexity index is 691. The molecule has 2 aliphatic heterocycles. The lowest BCUT2D eigenvalue weighted by Gasteiger charge is -2.59. The Morgan fingerprint density at radius 1 is 1.11 bits per heavy atom. The summed E-state index contributed by atoms with van der Waals surface area (Å²) in [7, 11) is 0. The third-order valence-electron chi connectivity index (χ3n) is 6.56. The smallest absolute Gasteiger partial charge is 0.246 e. The molecule has 6 heteroatoms. The number of carbonyl (C=O) groups excluding carboxylic acids is 2. The first-order valence-corrected chi connectivity index (χ1v) is 10.3. The first-order chi connectivity index (χ1) is 13.0. The van der Waals surface area contributed by atoms with E-state index < -0.39 is 5.41 Å². The van der Waals surface area contributed by atoms with Crippen LogP contribution in [-0.4, -0.2) is 64.9 Å². The van der Waals surface area contributed by atoms with E-state index in [1.807, 2.05) is 41.8 Å². The van der Waals surface area contributed by atoms with Crippen LogP contribution in [0.5, 0.6) is 0 Å². The van der Waals surface area contributed by atoms with Gasteiger partial charge in [-0.15, -0.1) is 0 Å². The fourth-order valence-corrected chi connectivity index (χ4v) is 5.12. The second kappa shape index (κ2) is 7.13. The van der Waals surface area contributed by atoms with E-state index >= 15 is 0 Å². The predicted molar refractivity (Wildman–Crippen MR) is 104 cm³/mol. The lowest BCUT2D eigenvalue weighted by Crippen LogP contribution is -2.76. The number of anilines is 1. The van der Waals surface area contributed by atoms with Gasteiger partial charge in [0.25, 0.3) is 0 Å². The summed E-state index contributed by atoms with van der Waals surface area (Å²) in [6, 6.07) is 5.74. The first-order valence-electron chi connectivity index (χ1n) is 10.3. The van der Waals surface area contributed by atoms with Gasteiger partial charge in [0.1, 0.15) is 11.9 Å². The van der Waals surface area contributed by atoms with Gasteiger partial charge in [-0.3, -0.25) is 9.59 Å². The minimum atomic E-state index is -0.419. The van der Waals surface area contributed by atoms with Crippen LogP contribution in [0.4, 0.5) is 5.82 Å². The third kappa shape index (κ3) is 2.99. The Kier molecular flexibility index (Phi) is 4.82. The van der Waals surface area contributed by atoms with Crippen LogP contribution in [0.3, 0.4) is 0 Å². The Morgan fingerprint density at radius 3 is 2.41 bits per heavy atom. The van der Waals surface area contributed by atoms with E-state index in [-0.39, 0.29) is 23.9 Å². The molecule has 2 saturated heterocycles. The molecule has 1 aromatic rings. The van der Waals surface area contributed by atoms with Gasteiger partial charge in [-0.05, 0) is 38.8 Å². The summed E-state index contributed by atoms with van der Waals surface area (Å²) in [5.74, 6) is 1.34. The molecule has 4 rings (SSSR count). The molecule has 0 N–H and O–H groups in total. The minimum absolute atomic E-state index is 0.0776. The number of likely N-dealkylation sites (tertiary alicyclic amines) is 1. The molecule has 2 amide bonds. The number of piperazine rings is 1. The Morgan fingerprint density at radius 2 is 1.81 bits per heavy atom. The Balaban J connectivity index is 1.47. The van der Waals surface area contributed by atoms with Gasteiger partial charge in [0.15, 0.2) is 0 Å². The highest BCUT2D eigenvalue weighted by molar-refractivity contribution is 6.02. The zero-order valence-corrected chi connectivity index (χ0v) is 16.4. The molecule has 1 aliphatic carbocycles. The van der Waals surface area contributed by atoms with Crippen molar-refractivity contribution in [2.75, 3.05) is 31.1 Å². The largest absolute Gasteiger partial charge is 0.353 e. The monoisotopic (exact) mass is 370 g/mol. The molecule has 0 aromatic carbocycles. The third-order valence-corrected chi connectivity index (χ3v) is 6.56. The van der Waals surface area contributed by atoms with Crippen molar-refractivity contribution >= 4 is 17.6 Å². The molecule has 27 heavy (non-hydrogen) atoms. The van der Waals surface area contributed by atoms with Crippen LogP contribution >= 0.6 is 0 Å². The Hall–Kier alpha value is -2.11. The van der Waals surface area contributed by atoms with E-state index in [1.165, 1.54) is 6.42 Å². The zero-order valence-electron chi connectivity index (χ0n) is 16.4. The molecule has 6 nitrogen and oxygen atoms in total. The summed E-state index contributed by atoms with van der Waals surface area (Å²) >= 11 is 0. The van der Waals surface area contributed by atoms with Crippen molar-refractivity contribution in [2.45, 2.75) is 58.0 Å². The SMILES string of the molecule is CC(C)N1C(=O)C2(CCCCC2)C1C(=O)N1CCN(c2ccccn2)CC1. The highest BCUT2D eigenvalue weighted by atomic mass is 16.2. The fraction of sp³-hybridized carbons (Fsp3) is 0.667. The number of aromatic nitrogens is 1. The van der Waals surface area contributed by atoms with Crippen LogP contribution in [0.2, 0.25) is 0 Å². The number of carbonyl (C=O) groups is 2. The maximum absolute atomic E-state index is 13.5. The van der Waals surface area contributed by atoms with Crippen molar-refractivity contribution in [1.29, 1.82) is 0 Å². The number of nitrogens with zero attached hydrogens (tertiary/aromatic N) is 4. The van der Waals surface area contributed by atoms with Crippen LogP contribution in [0.1, 0.15) is 46.0 Å². The molecular formula is C21H30N4O2. The topological polar surface area (TPSA) is 56.8 Å². The molecule has 3 heterocycles. The van der Waals surface area contributed by atoms with E-state index in [0.717, 1.165) is 44.6 Å². The van der Waals surface area contributed by atoms with Crippen molar-refractivity contribution < 1.29 is 9.59 Å². The molecule has 1 saturated carbocycles. The normalized spacial score (nSPS) is 25.1. The highest BCUT2D eigenvalue weighted by Gasteiger charge is 2.64. The van der Waals surface area contributed by atoms with E-state index in [9.17, 15) is 9.59 Å². The molecule has 146 valence electrons. The van der Waals surface area contributed by atoms with Gasteiger partial charge < -0.3 is 14.7 Å². The van der Waals surface area contributed by atoms with Crippen molar-refractivity contribution in [3.63, 3.8) is 0 Å². The van der Waals surface area contributed by atoms with Crippen LogP contribution in [-0.2, 0) is 9.59 Å². The van der Waals surface area contributed by atoms with Gasteiger partial charge in [0.05, 0.1) is 5.41 Å². The zero-order chi connectivity index (χ0) is 19.0. The van der Waals surface area contributed by atoms with Crippen LogP contribution in [0.25, 0.3) is 0 Å². The van der Waals surface area contributed by atoms with E-state index in [4.69, 9.17) is 0 Å².